The lowest BCUT2D eigenvalue weighted by molar-refractivity contribution is 0.0465. The number of rotatable bonds is 5. The normalized spacial score (nSPS) is 18.3. The predicted molar refractivity (Wildman–Crippen MR) is 113 cm³/mol. The smallest absolute Gasteiger partial charge is 0.257 e. The number of amides is 1. The molecule has 1 amide bonds. The molecule has 0 aliphatic carbocycles. The zero-order chi connectivity index (χ0) is 23.5. The molecule has 0 radical (unpaired) electrons. The monoisotopic (exact) mass is 457 g/mol. The molecule has 0 bridgehead atoms. The van der Waals surface area contributed by atoms with Gasteiger partial charge in [-0.05, 0) is 62.2 Å². The number of hydrogen-bond acceptors (Lipinski definition) is 5. The maximum Gasteiger partial charge on any atom is 0.257 e. The van der Waals surface area contributed by atoms with Gasteiger partial charge in [-0.3, -0.25) is 4.79 Å². The van der Waals surface area contributed by atoms with Gasteiger partial charge in [0.2, 0.25) is 0 Å². The molecule has 1 aromatic heterocycles. The third-order valence-electron chi connectivity index (χ3n) is 5.72. The summed E-state index contributed by atoms with van der Waals surface area (Å²) in [6, 6.07) is 9.52. The van der Waals surface area contributed by atoms with Crippen molar-refractivity contribution in [2.45, 2.75) is 31.7 Å². The van der Waals surface area contributed by atoms with Crippen LogP contribution < -0.4 is 4.74 Å². The second kappa shape index (κ2) is 9.58. The van der Waals surface area contributed by atoms with Crippen molar-refractivity contribution >= 4 is 5.91 Å². The Balaban J connectivity index is 1.51. The standard InChI is InChI=1S/C24H22F3N3O3/c1-14-2-7-22(29-28-14)15-8-9-30(17(10-15)13-31)24(32)19-11-21(27)23(12-20(19)26)33-18-5-3-16(25)4-6-18/h2-7,11-12,15,17,31H,8-10,13H2,1H3/t15?,17-/m0/s1. The first-order valence-corrected chi connectivity index (χ1v) is 10.5. The topological polar surface area (TPSA) is 75.6 Å². The summed E-state index contributed by atoms with van der Waals surface area (Å²) in [5, 5.41) is 18.1. The number of piperidine rings is 1. The number of aromatic nitrogens is 2. The molecule has 172 valence electrons. The van der Waals surface area contributed by atoms with Crippen LogP contribution in [0.5, 0.6) is 11.5 Å². The first-order valence-electron chi connectivity index (χ1n) is 10.5. The van der Waals surface area contributed by atoms with E-state index in [0.29, 0.717) is 12.8 Å². The second-order valence-electron chi connectivity index (χ2n) is 7.97. The van der Waals surface area contributed by atoms with E-state index in [1.54, 1.807) is 0 Å². The number of benzene rings is 2. The largest absolute Gasteiger partial charge is 0.454 e. The van der Waals surface area contributed by atoms with E-state index in [-0.39, 0.29) is 24.8 Å². The lowest BCUT2D eigenvalue weighted by Gasteiger charge is -2.38. The highest BCUT2D eigenvalue weighted by molar-refractivity contribution is 5.95. The Hall–Kier alpha value is -3.46. The fourth-order valence-corrected chi connectivity index (χ4v) is 3.94. The van der Waals surface area contributed by atoms with Crippen LogP contribution in [0.4, 0.5) is 13.2 Å². The maximum absolute atomic E-state index is 14.8. The quantitative estimate of drug-likeness (QED) is 0.616. The van der Waals surface area contributed by atoms with Crippen molar-refractivity contribution in [3.05, 3.63) is 82.9 Å². The summed E-state index contributed by atoms with van der Waals surface area (Å²) < 4.78 is 47.7. The van der Waals surface area contributed by atoms with Gasteiger partial charge in [0.05, 0.1) is 29.6 Å². The van der Waals surface area contributed by atoms with Crippen LogP contribution in [0, 0.1) is 24.4 Å². The zero-order valence-corrected chi connectivity index (χ0v) is 17.8. The molecule has 9 heteroatoms. The molecule has 3 aromatic rings. The van der Waals surface area contributed by atoms with Crippen molar-refractivity contribution in [3.8, 4) is 11.5 Å². The van der Waals surface area contributed by atoms with Gasteiger partial charge in [0.25, 0.3) is 5.91 Å². The fraction of sp³-hybridized carbons (Fsp3) is 0.292. The number of ether oxygens (including phenoxy) is 1. The van der Waals surface area contributed by atoms with Gasteiger partial charge < -0.3 is 14.7 Å². The molecule has 1 fully saturated rings. The summed E-state index contributed by atoms with van der Waals surface area (Å²) in [6.45, 7) is 1.76. The Labute approximate surface area is 188 Å². The molecule has 4 rings (SSSR count). The number of aryl methyl sites for hydroxylation is 1. The molecule has 2 heterocycles. The second-order valence-corrected chi connectivity index (χ2v) is 7.97. The summed E-state index contributed by atoms with van der Waals surface area (Å²) in [5.41, 5.74) is 1.10. The number of hydrogen-bond donors (Lipinski definition) is 1. The van der Waals surface area contributed by atoms with E-state index in [4.69, 9.17) is 4.74 Å². The summed E-state index contributed by atoms with van der Waals surface area (Å²) in [6.07, 6.45) is 0.978. The molecule has 6 nitrogen and oxygen atoms in total. The van der Waals surface area contributed by atoms with E-state index in [1.165, 1.54) is 17.0 Å². The first kappa shape index (κ1) is 22.7. The number of carbonyl (C=O) groups is 1. The number of nitrogens with zero attached hydrogens (tertiary/aromatic N) is 3. The van der Waals surface area contributed by atoms with Gasteiger partial charge in [0.15, 0.2) is 11.6 Å². The van der Waals surface area contributed by atoms with Crippen LogP contribution in [0.25, 0.3) is 0 Å². The van der Waals surface area contributed by atoms with Crippen LogP contribution in [-0.2, 0) is 0 Å². The van der Waals surface area contributed by atoms with Crippen LogP contribution in [-0.4, -0.2) is 45.3 Å². The van der Waals surface area contributed by atoms with Crippen molar-refractivity contribution in [1.82, 2.24) is 15.1 Å². The van der Waals surface area contributed by atoms with Crippen molar-refractivity contribution in [3.63, 3.8) is 0 Å². The molecule has 0 spiro atoms. The van der Waals surface area contributed by atoms with Gasteiger partial charge in [-0.1, -0.05) is 0 Å². The van der Waals surface area contributed by atoms with E-state index in [0.717, 1.165) is 35.7 Å². The Morgan fingerprint density at radius 1 is 1.09 bits per heavy atom. The predicted octanol–water partition coefficient (Wildman–Crippen LogP) is 4.38. The third kappa shape index (κ3) is 4.98. The zero-order valence-electron chi connectivity index (χ0n) is 17.8. The molecular formula is C24H22F3N3O3. The number of aliphatic hydroxyl groups is 1. The summed E-state index contributed by atoms with van der Waals surface area (Å²) in [7, 11) is 0. The van der Waals surface area contributed by atoms with Crippen molar-refractivity contribution in [2.24, 2.45) is 0 Å². The molecule has 1 aliphatic rings. The van der Waals surface area contributed by atoms with Crippen LogP contribution in [0.3, 0.4) is 0 Å². The summed E-state index contributed by atoms with van der Waals surface area (Å²) in [5.74, 6) is -3.41. The van der Waals surface area contributed by atoms with Crippen molar-refractivity contribution in [2.75, 3.05) is 13.2 Å². The Bertz CT molecular complexity index is 1140. The van der Waals surface area contributed by atoms with Gasteiger partial charge in [-0.2, -0.15) is 10.2 Å². The summed E-state index contributed by atoms with van der Waals surface area (Å²) >= 11 is 0. The first-order chi connectivity index (χ1) is 15.9. The number of aliphatic hydroxyl groups excluding tert-OH is 1. The van der Waals surface area contributed by atoms with E-state index in [2.05, 4.69) is 10.2 Å². The van der Waals surface area contributed by atoms with E-state index in [9.17, 15) is 23.1 Å². The molecule has 2 aromatic carbocycles. The molecule has 33 heavy (non-hydrogen) atoms. The lowest BCUT2D eigenvalue weighted by atomic mass is 9.88. The average Bonchev–Trinajstić information content (AvgIpc) is 2.82. The van der Waals surface area contributed by atoms with Crippen molar-refractivity contribution in [1.29, 1.82) is 0 Å². The molecule has 1 N–H and O–H groups in total. The van der Waals surface area contributed by atoms with Crippen LogP contribution >= 0.6 is 0 Å². The SMILES string of the molecule is Cc1ccc(C2CCN(C(=O)c3cc(F)c(Oc4ccc(F)cc4)cc3F)[C@H](CO)C2)nn1. The van der Waals surface area contributed by atoms with Crippen LogP contribution in [0.15, 0.2) is 48.5 Å². The minimum absolute atomic E-state index is 0.00707. The fourth-order valence-electron chi connectivity index (χ4n) is 3.94. The van der Waals surface area contributed by atoms with Gasteiger partial charge in [-0.15, -0.1) is 0 Å². The van der Waals surface area contributed by atoms with Gasteiger partial charge in [0.1, 0.15) is 17.4 Å². The Morgan fingerprint density at radius 2 is 1.85 bits per heavy atom. The lowest BCUT2D eigenvalue weighted by Crippen LogP contribution is -2.47. The Kier molecular flexibility index (Phi) is 6.60. The van der Waals surface area contributed by atoms with E-state index in [1.807, 2.05) is 19.1 Å². The van der Waals surface area contributed by atoms with Crippen molar-refractivity contribution < 1.29 is 27.8 Å². The third-order valence-corrected chi connectivity index (χ3v) is 5.72. The van der Waals surface area contributed by atoms with Gasteiger partial charge >= 0.3 is 0 Å². The number of halogens is 3. The van der Waals surface area contributed by atoms with Crippen LogP contribution in [0.2, 0.25) is 0 Å². The Morgan fingerprint density at radius 3 is 2.52 bits per heavy atom. The number of likely N-dealkylation sites (tertiary alicyclic amines) is 1. The highest BCUT2D eigenvalue weighted by Gasteiger charge is 2.34. The molecule has 0 saturated carbocycles. The van der Waals surface area contributed by atoms with E-state index < -0.39 is 40.7 Å². The van der Waals surface area contributed by atoms with Crippen LogP contribution in [0.1, 0.15) is 40.5 Å². The van der Waals surface area contributed by atoms with Gasteiger partial charge in [-0.25, -0.2) is 13.2 Å². The highest BCUT2D eigenvalue weighted by atomic mass is 19.1. The average molecular weight is 457 g/mol. The highest BCUT2D eigenvalue weighted by Crippen LogP contribution is 2.33. The molecule has 2 atom stereocenters. The number of carbonyl (C=O) groups excluding carboxylic acids is 1. The van der Waals surface area contributed by atoms with E-state index >= 15 is 0 Å². The maximum atomic E-state index is 14.8. The minimum Gasteiger partial charge on any atom is -0.454 e. The molecule has 1 saturated heterocycles. The minimum atomic E-state index is -0.957. The molecule has 1 unspecified atom stereocenters. The molecule has 1 aliphatic heterocycles. The summed E-state index contributed by atoms with van der Waals surface area (Å²) in [4.78, 5) is 14.4. The van der Waals surface area contributed by atoms with Gasteiger partial charge in [0, 0.05) is 18.5 Å². The molecular weight excluding hydrogens is 435 g/mol.